The Morgan fingerprint density at radius 1 is 1.37 bits per heavy atom. The average Bonchev–Trinajstić information content (AvgIpc) is 2.34. The van der Waals surface area contributed by atoms with Crippen molar-refractivity contribution in [3.63, 3.8) is 0 Å². The number of nitrogen functional groups attached to an aromatic ring is 1. The third kappa shape index (κ3) is 3.61. The number of carbonyl (C=O) groups excluding carboxylic acids is 1. The van der Waals surface area contributed by atoms with Crippen molar-refractivity contribution in [1.82, 2.24) is 5.32 Å². The number of methoxy groups -OCH3 is 1. The molecule has 0 spiro atoms. The predicted molar refractivity (Wildman–Crippen MR) is 71.1 cm³/mol. The fraction of sp³-hybridized carbons (Fsp3) is 0.385. The van der Waals surface area contributed by atoms with Gasteiger partial charge in [0.05, 0.1) is 12.7 Å². The van der Waals surface area contributed by atoms with Crippen molar-refractivity contribution in [2.75, 3.05) is 12.8 Å². The molecule has 104 valence electrons. The van der Waals surface area contributed by atoms with Crippen molar-refractivity contribution >= 4 is 17.6 Å². The van der Waals surface area contributed by atoms with Gasteiger partial charge in [-0.1, -0.05) is 13.8 Å². The summed E-state index contributed by atoms with van der Waals surface area (Å²) >= 11 is 0. The number of nitrogens with two attached hydrogens (primary N) is 1. The second-order valence-corrected chi connectivity index (χ2v) is 4.49. The van der Waals surface area contributed by atoms with Gasteiger partial charge in [0, 0.05) is 11.8 Å². The number of hydrogen-bond acceptors (Lipinski definition) is 4. The zero-order chi connectivity index (χ0) is 14.6. The molecule has 0 saturated carbocycles. The van der Waals surface area contributed by atoms with Crippen LogP contribution in [0.3, 0.4) is 0 Å². The first kappa shape index (κ1) is 14.8. The highest BCUT2D eigenvalue weighted by Gasteiger charge is 2.24. The number of nitrogens with one attached hydrogen (secondary N) is 1. The van der Waals surface area contributed by atoms with E-state index in [1.165, 1.54) is 19.2 Å². The molecule has 1 amide bonds. The minimum atomic E-state index is -1.07. The summed E-state index contributed by atoms with van der Waals surface area (Å²) in [7, 11) is 1.49. The van der Waals surface area contributed by atoms with E-state index in [0.717, 1.165) is 0 Å². The van der Waals surface area contributed by atoms with E-state index in [-0.39, 0.29) is 17.2 Å². The van der Waals surface area contributed by atoms with Crippen LogP contribution in [0.1, 0.15) is 24.2 Å². The van der Waals surface area contributed by atoms with Gasteiger partial charge in [-0.15, -0.1) is 0 Å². The van der Waals surface area contributed by atoms with Crippen molar-refractivity contribution in [3.05, 3.63) is 23.8 Å². The van der Waals surface area contributed by atoms with E-state index < -0.39 is 17.9 Å². The van der Waals surface area contributed by atoms with Crippen LogP contribution >= 0.6 is 0 Å². The maximum absolute atomic E-state index is 12.0. The molecule has 0 fully saturated rings. The lowest BCUT2D eigenvalue weighted by Crippen LogP contribution is -2.44. The van der Waals surface area contributed by atoms with Crippen molar-refractivity contribution in [2.24, 2.45) is 5.92 Å². The molecule has 0 radical (unpaired) electrons. The van der Waals surface area contributed by atoms with Gasteiger partial charge >= 0.3 is 5.97 Å². The molecule has 0 saturated heterocycles. The van der Waals surface area contributed by atoms with Gasteiger partial charge in [0.15, 0.2) is 0 Å². The van der Waals surface area contributed by atoms with Gasteiger partial charge in [0.2, 0.25) is 0 Å². The van der Waals surface area contributed by atoms with Crippen molar-refractivity contribution in [2.45, 2.75) is 19.9 Å². The second-order valence-electron chi connectivity index (χ2n) is 4.49. The zero-order valence-electron chi connectivity index (χ0n) is 11.1. The van der Waals surface area contributed by atoms with Gasteiger partial charge in [0.1, 0.15) is 11.8 Å². The van der Waals surface area contributed by atoms with Crippen molar-refractivity contribution in [1.29, 1.82) is 0 Å². The fourth-order valence-corrected chi connectivity index (χ4v) is 1.61. The number of carboxylic acids is 1. The molecule has 4 N–H and O–H groups in total. The maximum Gasteiger partial charge on any atom is 0.326 e. The lowest BCUT2D eigenvalue weighted by Gasteiger charge is -2.18. The normalized spacial score (nSPS) is 12.0. The Morgan fingerprint density at radius 2 is 2.00 bits per heavy atom. The van der Waals surface area contributed by atoms with E-state index in [9.17, 15) is 9.59 Å². The first-order valence-corrected chi connectivity index (χ1v) is 5.84. The molecule has 0 aliphatic rings. The molecule has 1 aromatic rings. The number of benzene rings is 1. The van der Waals surface area contributed by atoms with E-state index in [2.05, 4.69) is 5.32 Å². The molecule has 0 aliphatic carbocycles. The van der Waals surface area contributed by atoms with E-state index in [1.54, 1.807) is 19.9 Å². The van der Waals surface area contributed by atoms with Crippen LogP contribution in [0.4, 0.5) is 5.69 Å². The molecule has 0 bridgehead atoms. The van der Waals surface area contributed by atoms with Gasteiger partial charge in [0.25, 0.3) is 5.91 Å². The highest BCUT2D eigenvalue weighted by molar-refractivity contribution is 6.01. The van der Waals surface area contributed by atoms with E-state index >= 15 is 0 Å². The van der Waals surface area contributed by atoms with Crippen LogP contribution in [0.2, 0.25) is 0 Å². The number of rotatable bonds is 5. The van der Waals surface area contributed by atoms with Gasteiger partial charge in [-0.25, -0.2) is 4.79 Å². The van der Waals surface area contributed by atoms with Crippen LogP contribution < -0.4 is 15.8 Å². The van der Waals surface area contributed by atoms with Crippen LogP contribution in [0, 0.1) is 5.92 Å². The molecule has 1 aromatic carbocycles. The van der Waals surface area contributed by atoms with Gasteiger partial charge < -0.3 is 20.9 Å². The summed E-state index contributed by atoms with van der Waals surface area (Å²) in [5.74, 6) is -1.27. The molecular formula is C13H18N2O4. The zero-order valence-corrected chi connectivity index (χ0v) is 11.1. The number of ether oxygens (including phenoxy) is 1. The summed E-state index contributed by atoms with van der Waals surface area (Å²) in [6, 6.07) is 3.66. The number of anilines is 1. The Balaban J connectivity index is 2.91. The molecule has 0 aromatic heterocycles. The molecule has 19 heavy (non-hydrogen) atoms. The average molecular weight is 266 g/mol. The fourth-order valence-electron chi connectivity index (χ4n) is 1.61. The third-order valence-electron chi connectivity index (χ3n) is 2.72. The summed E-state index contributed by atoms with van der Waals surface area (Å²) in [4.78, 5) is 23.0. The largest absolute Gasteiger partial charge is 0.497 e. The van der Waals surface area contributed by atoms with Gasteiger partial charge in [-0.2, -0.15) is 0 Å². The molecule has 1 rings (SSSR count). The maximum atomic E-state index is 12.0. The van der Waals surface area contributed by atoms with Crippen molar-refractivity contribution < 1.29 is 19.4 Å². The SMILES string of the molecule is COc1ccc(C(=O)N[C@H](C(=O)O)C(C)C)c(N)c1. The first-order chi connectivity index (χ1) is 8.86. The first-order valence-electron chi connectivity index (χ1n) is 5.84. The van der Waals surface area contributed by atoms with Crippen molar-refractivity contribution in [3.8, 4) is 5.75 Å². The van der Waals surface area contributed by atoms with Crippen LogP contribution in [0.15, 0.2) is 18.2 Å². The summed E-state index contributed by atoms with van der Waals surface area (Å²) in [5, 5.41) is 11.5. The molecule has 0 heterocycles. The highest BCUT2D eigenvalue weighted by atomic mass is 16.5. The minimum absolute atomic E-state index is 0.221. The Labute approximate surface area is 111 Å². The second kappa shape index (κ2) is 6.08. The topological polar surface area (TPSA) is 102 Å². The number of carbonyl (C=O) groups is 2. The quantitative estimate of drug-likeness (QED) is 0.693. The Hall–Kier alpha value is -2.24. The molecule has 0 unspecified atom stereocenters. The Kier molecular flexibility index (Phi) is 4.74. The third-order valence-corrected chi connectivity index (χ3v) is 2.72. The Bertz CT molecular complexity index is 486. The molecular weight excluding hydrogens is 248 g/mol. The number of hydrogen-bond donors (Lipinski definition) is 3. The summed E-state index contributed by atoms with van der Waals surface area (Å²) in [5.41, 5.74) is 6.21. The Morgan fingerprint density at radius 3 is 2.42 bits per heavy atom. The van der Waals surface area contributed by atoms with Crippen LogP contribution in [-0.4, -0.2) is 30.1 Å². The van der Waals surface area contributed by atoms with Crippen LogP contribution in [-0.2, 0) is 4.79 Å². The molecule has 6 nitrogen and oxygen atoms in total. The lowest BCUT2D eigenvalue weighted by molar-refractivity contribution is -0.140. The monoisotopic (exact) mass is 266 g/mol. The summed E-state index contributed by atoms with van der Waals surface area (Å²) in [6.07, 6.45) is 0. The highest BCUT2D eigenvalue weighted by Crippen LogP contribution is 2.19. The molecule has 0 aliphatic heterocycles. The number of aliphatic carboxylic acids is 1. The summed E-state index contributed by atoms with van der Waals surface area (Å²) < 4.78 is 4.98. The van der Waals surface area contributed by atoms with E-state index in [1.807, 2.05) is 0 Å². The number of carboxylic acid groups (broad SMARTS) is 1. The van der Waals surface area contributed by atoms with Crippen LogP contribution in [0.25, 0.3) is 0 Å². The van der Waals surface area contributed by atoms with Gasteiger partial charge in [-0.05, 0) is 18.1 Å². The molecule has 1 atom stereocenters. The number of amides is 1. The lowest BCUT2D eigenvalue weighted by atomic mass is 10.0. The van der Waals surface area contributed by atoms with E-state index in [4.69, 9.17) is 15.6 Å². The van der Waals surface area contributed by atoms with Crippen LogP contribution in [0.5, 0.6) is 5.75 Å². The molecule has 6 heteroatoms. The van der Waals surface area contributed by atoms with Gasteiger partial charge in [-0.3, -0.25) is 4.79 Å². The summed E-state index contributed by atoms with van der Waals surface area (Å²) in [6.45, 7) is 3.44. The smallest absolute Gasteiger partial charge is 0.326 e. The van der Waals surface area contributed by atoms with E-state index in [0.29, 0.717) is 5.75 Å². The minimum Gasteiger partial charge on any atom is -0.497 e. The predicted octanol–water partition coefficient (Wildman–Crippen LogP) is 1.12. The standard InChI is InChI=1S/C13H18N2O4/c1-7(2)11(13(17)18)15-12(16)9-5-4-8(19-3)6-10(9)14/h4-7,11H,14H2,1-3H3,(H,15,16)(H,17,18)/t11-/m0/s1.